The third-order valence-electron chi connectivity index (χ3n) is 5.42. The number of hydrogen-bond acceptors (Lipinski definition) is 7. The topological polar surface area (TPSA) is 106 Å². The summed E-state index contributed by atoms with van der Waals surface area (Å²) in [7, 11) is 0. The van der Waals surface area contributed by atoms with Crippen LogP contribution >= 0.6 is 0 Å². The molecule has 0 atom stereocenters. The lowest BCUT2D eigenvalue weighted by Crippen LogP contribution is -2.16. The Balaban J connectivity index is 1.28. The Morgan fingerprint density at radius 2 is 1.86 bits per heavy atom. The van der Waals surface area contributed by atoms with Gasteiger partial charge in [0.15, 0.2) is 11.6 Å². The van der Waals surface area contributed by atoms with Gasteiger partial charge >= 0.3 is 0 Å². The minimum Gasteiger partial charge on any atom is -0.488 e. The van der Waals surface area contributed by atoms with Crippen molar-refractivity contribution in [1.82, 2.24) is 39.3 Å². The smallest absolute Gasteiger partial charge is 0.203 e. The SMILES string of the molecule is CCn1cc(-n2ccc(=O)c(Cc3cccc(-c4ncc(OCCn5cccn5)cn4)c3)n2)cn1. The van der Waals surface area contributed by atoms with E-state index in [-0.39, 0.29) is 5.43 Å². The molecule has 10 heteroatoms. The first-order valence-corrected chi connectivity index (χ1v) is 11.3. The van der Waals surface area contributed by atoms with Crippen LogP contribution in [-0.2, 0) is 19.5 Å². The van der Waals surface area contributed by atoms with Gasteiger partial charge in [-0.15, -0.1) is 0 Å². The van der Waals surface area contributed by atoms with E-state index in [9.17, 15) is 4.79 Å². The monoisotopic (exact) mass is 468 g/mol. The van der Waals surface area contributed by atoms with E-state index in [1.807, 2.05) is 54.3 Å². The number of benzene rings is 1. The second-order valence-corrected chi connectivity index (χ2v) is 7.86. The summed E-state index contributed by atoms with van der Waals surface area (Å²) in [6, 6.07) is 11.2. The van der Waals surface area contributed by atoms with Crippen LogP contribution in [-0.4, -0.2) is 45.9 Å². The predicted molar refractivity (Wildman–Crippen MR) is 129 cm³/mol. The standard InChI is InChI=1S/C25H24N8O2/c1-2-31-18-21(15-29-31)33-10-7-24(34)23(30-33)14-19-5-3-6-20(13-19)25-26-16-22(17-27-25)35-12-11-32-9-4-8-28-32/h3-10,13,15-18H,2,11-12,14H2,1H3. The zero-order chi connectivity index (χ0) is 24.0. The highest BCUT2D eigenvalue weighted by Crippen LogP contribution is 2.19. The van der Waals surface area contributed by atoms with Gasteiger partial charge in [-0.3, -0.25) is 14.2 Å². The van der Waals surface area contributed by atoms with E-state index in [2.05, 4.69) is 25.3 Å². The highest BCUT2D eigenvalue weighted by Gasteiger charge is 2.09. The maximum absolute atomic E-state index is 12.5. The molecular formula is C25H24N8O2. The second kappa shape index (κ2) is 10.1. The lowest BCUT2D eigenvalue weighted by atomic mass is 10.1. The molecule has 0 fully saturated rings. The van der Waals surface area contributed by atoms with Crippen LogP contribution in [0.5, 0.6) is 5.75 Å². The van der Waals surface area contributed by atoms with Crippen LogP contribution in [0.1, 0.15) is 18.2 Å². The Kier molecular flexibility index (Phi) is 6.42. The molecule has 0 N–H and O–H groups in total. The Labute approximate surface area is 201 Å². The molecule has 4 heterocycles. The van der Waals surface area contributed by atoms with Crippen LogP contribution < -0.4 is 10.2 Å². The van der Waals surface area contributed by atoms with Gasteiger partial charge in [-0.05, 0) is 24.6 Å². The van der Waals surface area contributed by atoms with Gasteiger partial charge in [0, 0.05) is 43.2 Å². The van der Waals surface area contributed by atoms with Crippen LogP contribution in [0.3, 0.4) is 0 Å². The van der Waals surface area contributed by atoms with Crippen molar-refractivity contribution in [3.8, 4) is 22.8 Å². The Morgan fingerprint density at radius 1 is 0.971 bits per heavy atom. The van der Waals surface area contributed by atoms with Gasteiger partial charge in [0.2, 0.25) is 5.43 Å². The van der Waals surface area contributed by atoms with Gasteiger partial charge < -0.3 is 4.74 Å². The Bertz CT molecular complexity index is 1460. The molecular weight excluding hydrogens is 444 g/mol. The first-order chi connectivity index (χ1) is 17.2. The van der Waals surface area contributed by atoms with E-state index in [0.29, 0.717) is 36.8 Å². The molecule has 5 aromatic rings. The van der Waals surface area contributed by atoms with Gasteiger partial charge in [-0.1, -0.05) is 18.2 Å². The van der Waals surface area contributed by atoms with Crippen LogP contribution in [0.25, 0.3) is 17.1 Å². The molecule has 176 valence electrons. The molecule has 0 unspecified atom stereocenters. The van der Waals surface area contributed by atoms with Crippen molar-refractivity contribution >= 4 is 0 Å². The summed E-state index contributed by atoms with van der Waals surface area (Å²) in [5.74, 6) is 1.18. The molecule has 4 aromatic heterocycles. The largest absolute Gasteiger partial charge is 0.488 e. The lowest BCUT2D eigenvalue weighted by molar-refractivity contribution is 0.289. The summed E-state index contributed by atoms with van der Waals surface area (Å²) in [5, 5.41) is 13.0. The Hall–Kier alpha value is -4.60. The molecule has 0 saturated heterocycles. The number of aromatic nitrogens is 8. The van der Waals surface area contributed by atoms with Crippen molar-refractivity contribution in [2.45, 2.75) is 26.4 Å². The summed E-state index contributed by atoms with van der Waals surface area (Å²) >= 11 is 0. The highest BCUT2D eigenvalue weighted by atomic mass is 16.5. The number of hydrogen-bond donors (Lipinski definition) is 0. The van der Waals surface area contributed by atoms with Gasteiger partial charge in [0.25, 0.3) is 0 Å². The maximum Gasteiger partial charge on any atom is 0.203 e. The van der Waals surface area contributed by atoms with Crippen molar-refractivity contribution in [2.24, 2.45) is 0 Å². The molecule has 35 heavy (non-hydrogen) atoms. The van der Waals surface area contributed by atoms with Crippen molar-refractivity contribution in [1.29, 1.82) is 0 Å². The first kappa shape index (κ1) is 22.2. The fourth-order valence-electron chi connectivity index (χ4n) is 3.60. The summed E-state index contributed by atoms with van der Waals surface area (Å²) < 4.78 is 11.0. The predicted octanol–water partition coefficient (Wildman–Crippen LogP) is 2.77. The van der Waals surface area contributed by atoms with E-state index in [1.165, 1.54) is 6.07 Å². The maximum atomic E-state index is 12.5. The van der Waals surface area contributed by atoms with Gasteiger partial charge in [-0.25, -0.2) is 14.6 Å². The number of nitrogens with zero attached hydrogens (tertiary/aromatic N) is 8. The van der Waals surface area contributed by atoms with Crippen LogP contribution in [0.15, 0.2) is 84.6 Å². The molecule has 0 amide bonds. The van der Waals surface area contributed by atoms with E-state index < -0.39 is 0 Å². The van der Waals surface area contributed by atoms with Crippen molar-refractivity contribution < 1.29 is 4.74 Å². The zero-order valence-corrected chi connectivity index (χ0v) is 19.2. The summed E-state index contributed by atoms with van der Waals surface area (Å²) in [4.78, 5) is 21.4. The van der Waals surface area contributed by atoms with Crippen molar-refractivity contribution in [2.75, 3.05) is 6.61 Å². The molecule has 0 aliphatic rings. The average Bonchev–Trinajstić information content (AvgIpc) is 3.58. The molecule has 1 aromatic carbocycles. The average molecular weight is 469 g/mol. The summed E-state index contributed by atoms with van der Waals surface area (Å²) in [5.41, 5.74) is 2.95. The van der Waals surface area contributed by atoms with E-state index >= 15 is 0 Å². The molecule has 0 aliphatic heterocycles. The van der Waals surface area contributed by atoms with Gasteiger partial charge in [0.05, 0.1) is 31.3 Å². The van der Waals surface area contributed by atoms with Crippen molar-refractivity contribution in [3.05, 3.63) is 101 Å². The minimum atomic E-state index is -0.109. The normalized spacial score (nSPS) is 11.0. The number of aryl methyl sites for hydroxylation is 1. The third-order valence-corrected chi connectivity index (χ3v) is 5.42. The van der Waals surface area contributed by atoms with Gasteiger partial charge in [-0.2, -0.15) is 15.3 Å². The molecule has 0 bridgehead atoms. The van der Waals surface area contributed by atoms with Crippen LogP contribution in [0.2, 0.25) is 0 Å². The number of ether oxygens (including phenoxy) is 1. The molecule has 10 nitrogen and oxygen atoms in total. The van der Waals surface area contributed by atoms with Crippen LogP contribution in [0, 0.1) is 0 Å². The molecule has 0 aliphatic carbocycles. The fourth-order valence-corrected chi connectivity index (χ4v) is 3.60. The quantitative estimate of drug-likeness (QED) is 0.327. The van der Waals surface area contributed by atoms with Crippen LogP contribution in [0.4, 0.5) is 0 Å². The fraction of sp³-hybridized carbons (Fsp3) is 0.200. The third kappa shape index (κ3) is 5.32. The summed E-state index contributed by atoms with van der Waals surface area (Å²) in [6.07, 6.45) is 12.6. The molecule has 0 saturated carbocycles. The van der Waals surface area contributed by atoms with E-state index in [1.54, 1.807) is 40.3 Å². The van der Waals surface area contributed by atoms with Crippen molar-refractivity contribution in [3.63, 3.8) is 0 Å². The summed E-state index contributed by atoms with van der Waals surface area (Å²) in [6.45, 7) is 3.90. The van der Waals surface area contributed by atoms with E-state index in [4.69, 9.17) is 4.74 Å². The first-order valence-electron chi connectivity index (χ1n) is 11.3. The molecule has 0 radical (unpaired) electrons. The van der Waals surface area contributed by atoms with E-state index in [0.717, 1.165) is 23.4 Å². The molecule has 5 rings (SSSR count). The lowest BCUT2D eigenvalue weighted by Gasteiger charge is -2.08. The second-order valence-electron chi connectivity index (χ2n) is 7.86. The van der Waals surface area contributed by atoms with Gasteiger partial charge in [0.1, 0.15) is 18.0 Å². The Morgan fingerprint density at radius 3 is 2.63 bits per heavy atom. The minimum absolute atomic E-state index is 0.109. The number of rotatable bonds is 9. The highest BCUT2D eigenvalue weighted by molar-refractivity contribution is 5.56. The zero-order valence-electron chi connectivity index (χ0n) is 19.2. The molecule has 0 spiro atoms.